The third-order valence-electron chi connectivity index (χ3n) is 5.64. The van der Waals surface area contributed by atoms with Crippen molar-refractivity contribution in [2.45, 2.75) is 33.7 Å². The Morgan fingerprint density at radius 3 is 2.53 bits per heavy atom. The number of hydrogen-bond donors (Lipinski definition) is 2. The van der Waals surface area contributed by atoms with Crippen LogP contribution in [0.25, 0.3) is 22.3 Å². The summed E-state index contributed by atoms with van der Waals surface area (Å²) in [6.45, 7) is 8.08. The molecular weight excluding hydrogens is 378 g/mol. The third kappa shape index (κ3) is 3.28. The van der Waals surface area contributed by atoms with Crippen molar-refractivity contribution < 1.29 is 4.79 Å². The first-order chi connectivity index (χ1) is 14.3. The lowest BCUT2D eigenvalue weighted by atomic mass is 10.0. The molecule has 4 aromatic rings. The molecule has 4 rings (SSSR count). The zero-order valence-corrected chi connectivity index (χ0v) is 18.2. The van der Waals surface area contributed by atoms with Crippen LogP contribution in [0.15, 0.2) is 30.3 Å². The minimum Gasteiger partial charge on any atom is -0.341 e. The molecule has 30 heavy (non-hydrogen) atoms. The Balaban J connectivity index is 1.63. The molecule has 1 amide bonds. The molecule has 3 aromatic heterocycles. The molecule has 156 valence electrons. The topological polar surface area (TPSA) is 93.4 Å². The van der Waals surface area contributed by atoms with Crippen LogP contribution in [-0.4, -0.2) is 35.4 Å². The molecule has 1 atom stereocenters. The molecule has 0 aliphatic heterocycles. The molecule has 0 spiro atoms. The van der Waals surface area contributed by atoms with Gasteiger partial charge in [0.25, 0.3) is 5.91 Å². The van der Waals surface area contributed by atoms with Gasteiger partial charge in [0.1, 0.15) is 11.5 Å². The van der Waals surface area contributed by atoms with Crippen LogP contribution in [0, 0.1) is 19.8 Å². The molecule has 8 heteroatoms. The van der Waals surface area contributed by atoms with Crippen LogP contribution in [0.1, 0.15) is 47.6 Å². The van der Waals surface area contributed by atoms with E-state index in [0.717, 1.165) is 33.8 Å². The number of nitrogens with one attached hydrogen (secondary N) is 2. The van der Waals surface area contributed by atoms with E-state index < -0.39 is 0 Å². The summed E-state index contributed by atoms with van der Waals surface area (Å²) in [6.07, 6.45) is 0. The summed E-state index contributed by atoms with van der Waals surface area (Å²) in [5.74, 6) is 0.784. The standard InChI is InChI=1S/C22H27N7O/c1-12(2)20(21-23-15-9-7-8-10-18(15)28(21)5)24-22(30)17-11-16(25-26-17)19-13(3)27-29(6)14(19)4/h7-12,20H,1-6H3,(H,24,30)(H,25,26). The predicted octanol–water partition coefficient (Wildman–Crippen LogP) is 3.44. The summed E-state index contributed by atoms with van der Waals surface area (Å²) < 4.78 is 3.86. The van der Waals surface area contributed by atoms with Crippen molar-refractivity contribution in [2.75, 3.05) is 0 Å². The van der Waals surface area contributed by atoms with Gasteiger partial charge in [-0.1, -0.05) is 26.0 Å². The molecule has 1 unspecified atom stereocenters. The fraction of sp³-hybridized carbons (Fsp3) is 0.364. The van der Waals surface area contributed by atoms with Gasteiger partial charge in [-0.2, -0.15) is 10.2 Å². The zero-order valence-electron chi connectivity index (χ0n) is 18.2. The van der Waals surface area contributed by atoms with Crippen LogP contribution in [-0.2, 0) is 14.1 Å². The number of aromatic amines is 1. The molecule has 2 N–H and O–H groups in total. The van der Waals surface area contributed by atoms with Gasteiger partial charge < -0.3 is 9.88 Å². The SMILES string of the molecule is Cc1nn(C)c(C)c1-c1cc(C(=O)NC(c2nc3ccccc3n2C)C(C)C)[nH]n1. The summed E-state index contributed by atoms with van der Waals surface area (Å²) in [5.41, 5.74) is 5.92. The molecule has 0 saturated heterocycles. The smallest absolute Gasteiger partial charge is 0.269 e. The first-order valence-electron chi connectivity index (χ1n) is 10.1. The lowest BCUT2D eigenvalue weighted by Crippen LogP contribution is -2.33. The Hall–Kier alpha value is -3.42. The maximum atomic E-state index is 13.0. The average Bonchev–Trinajstić information content (AvgIpc) is 3.37. The molecule has 3 heterocycles. The third-order valence-corrected chi connectivity index (χ3v) is 5.64. The molecule has 0 fully saturated rings. The number of nitrogens with zero attached hydrogens (tertiary/aromatic N) is 5. The number of carbonyl (C=O) groups is 1. The maximum Gasteiger partial charge on any atom is 0.269 e. The van der Waals surface area contributed by atoms with E-state index in [1.807, 2.05) is 61.5 Å². The number of carbonyl (C=O) groups excluding carboxylic acids is 1. The monoisotopic (exact) mass is 405 g/mol. The van der Waals surface area contributed by atoms with Gasteiger partial charge in [-0.05, 0) is 38.0 Å². The second-order valence-electron chi connectivity index (χ2n) is 8.05. The summed E-state index contributed by atoms with van der Waals surface area (Å²) in [5, 5.41) is 14.8. The Labute approximate surface area is 175 Å². The lowest BCUT2D eigenvalue weighted by Gasteiger charge is -2.21. The molecule has 0 aliphatic rings. The summed E-state index contributed by atoms with van der Waals surface area (Å²) in [6, 6.07) is 9.52. The van der Waals surface area contributed by atoms with Crippen LogP contribution >= 0.6 is 0 Å². The highest BCUT2D eigenvalue weighted by atomic mass is 16.2. The number of aryl methyl sites for hydroxylation is 3. The highest BCUT2D eigenvalue weighted by Gasteiger charge is 2.25. The molecule has 0 aliphatic carbocycles. The Morgan fingerprint density at radius 2 is 1.90 bits per heavy atom. The predicted molar refractivity (Wildman–Crippen MR) is 116 cm³/mol. The van der Waals surface area contributed by atoms with E-state index >= 15 is 0 Å². The van der Waals surface area contributed by atoms with E-state index in [0.29, 0.717) is 11.4 Å². The molecular formula is C22H27N7O. The summed E-state index contributed by atoms with van der Waals surface area (Å²) in [7, 11) is 3.88. The van der Waals surface area contributed by atoms with Crippen LogP contribution < -0.4 is 5.32 Å². The first-order valence-corrected chi connectivity index (χ1v) is 10.1. The fourth-order valence-corrected chi connectivity index (χ4v) is 3.90. The van der Waals surface area contributed by atoms with E-state index in [1.165, 1.54) is 0 Å². The Kier molecular flexibility index (Phi) is 4.93. The van der Waals surface area contributed by atoms with Crippen molar-refractivity contribution in [1.82, 2.24) is 34.8 Å². The Morgan fingerprint density at radius 1 is 1.17 bits per heavy atom. The number of imidazole rings is 1. The van der Waals surface area contributed by atoms with Gasteiger partial charge in [0, 0.05) is 25.4 Å². The number of H-pyrrole nitrogens is 1. The van der Waals surface area contributed by atoms with Crippen molar-refractivity contribution in [3.8, 4) is 11.3 Å². The molecule has 0 bridgehead atoms. The van der Waals surface area contributed by atoms with Gasteiger partial charge in [-0.15, -0.1) is 0 Å². The van der Waals surface area contributed by atoms with E-state index in [-0.39, 0.29) is 17.9 Å². The van der Waals surface area contributed by atoms with Gasteiger partial charge in [0.05, 0.1) is 28.5 Å². The first kappa shape index (κ1) is 19.9. The number of benzene rings is 1. The van der Waals surface area contributed by atoms with Crippen LogP contribution in [0.2, 0.25) is 0 Å². The summed E-state index contributed by atoms with van der Waals surface area (Å²) >= 11 is 0. The molecule has 0 saturated carbocycles. The van der Waals surface area contributed by atoms with Gasteiger partial charge >= 0.3 is 0 Å². The van der Waals surface area contributed by atoms with Crippen molar-refractivity contribution in [3.05, 3.63) is 53.2 Å². The second-order valence-corrected chi connectivity index (χ2v) is 8.05. The van der Waals surface area contributed by atoms with Crippen molar-refractivity contribution in [3.63, 3.8) is 0 Å². The van der Waals surface area contributed by atoms with Gasteiger partial charge in [0.15, 0.2) is 0 Å². The summed E-state index contributed by atoms with van der Waals surface area (Å²) in [4.78, 5) is 17.8. The van der Waals surface area contributed by atoms with Gasteiger partial charge in [0.2, 0.25) is 0 Å². The van der Waals surface area contributed by atoms with E-state index in [1.54, 1.807) is 6.07 Å². The number of amides is 1. The number of fused-ring (bicyclic) bond motifs is 1. The normalized spacial score (nSPS) is 12.6. The molecule has 8 nitrogen and oxygen atoms in total. The number of para-hydroxylation sites is 2. The van der Waals surface area contributed by atoms with Crippen molar-refractivity contribution in [1.29, 1.82) is 0 Å². The number of hydrogen-bond acceptors (Lipinski definition) is 4. The van der Waals surface area contributed by atoms with Gasteiger partial charge in [-0.25, -0.2) is 4.98 Å². The molecule has 0 radical (unpaired) electrons. The van der Waals surface area contributed by atoms with Crippen LogP contribution in [0.3, 0.4) is 0 Å². The minimum absolute atomic E-state index is 0.162. The number of rotatable bonds is 5. The second kappa shape index (κ2) is 7.44. The molecule has 1 aromatic carbocycles. The van der Waals surface area contributed by atoms with Crippen molar-refractivity contribution >= 4 is 16.9 Å². The highest BCUT2D eigenvalue weighted by molar-refractivity contribution is 5.93. The fourth-order valence-electron chi connectivity index (χ4n) is 3.90. The van der Waals surface area contributed by atoms with Gasteiger partial charge in [-0.3, -0.25) is 14.6 Å². The zero-order chi connectivity index (χ0) is 21.6. The lowest BCUT2D eigenvalue weighted by molar-refractivity contribution is 0.0917. The van der Waals surface area contributed by atoms with E-state index in [4.69, 9.17) is 4.98 Å². The maximum absolute atomic E-state index is 13.0. The number of aromatic nitrogens is 6. The minimum atomic E-state index is -0.233. The van der Waals surface area contributed by atoms with Crippen LogP contribution in [0.4, 0.5) is 0 Å². The quantitative estimate of drug-likeness (QED) is 0.532. The van der Waals surface area contributed by atoms with Crippen LogP contribution in [0.5, 0.6) is 0 Å². The highest BCUT2D eigenvalue weighted by Crippen LogP contribution is 2.27. The van der Waals surface area contributed by atoms with E-state index in [9.17, 15) is 4.79 Å². The van der Waals surface area contributed by atoms with E-state index in [2.05, 4.69) is 34.5 Å². The largest absolute Gasteiger partial charge is 0.341 e. The van der Waals surface area contributed by atoms with Crippen molar-refractivity contribution in [2.24, 2.45) is 20.0 Å². The average molecular weight is 406 g/mol. The Bertz CT molecular complexity index is 1230.